The Kier molecular flexibility index (Phi) is 8.98. The first kappa shape index (κ1) is 28.7. The molecule has 212 valence electrons. The molecule has 0 saturated carbocycles. The molecule has 0 bridgehead atoms. The van der Waals surface area contributed by atoms with Crippen molar-refractivity contribution in [1.82, 2.24) is 9.97 Å². The first-order chi connectivity index (χ1) is 18.6. The maximum Gasteiger partial charge on any atom is 0.416 e. The van der Waals surface area contributed by atoms with Crippen molar-refractivity contribution in [2.75, 3.05) is 51.7 Å². The van der Waals surface area contributed by atoms with E-state index in [1.807, 2.05) is 0 Å². The fourth-order valence-electron chi connectivity index (χ4n) is 4.51. The number of methoxy groups -OCH3 is 3. The van der Waals surface area contributed by atoms with Crippen molar-refractivity contribution >= 4 is 22.7 Å². The summed E-state index contributed by atoms with van der Waals surface area (Å²) in [4.78, 5) is 9.27. The van der Waals surface area contributed by atoms with Gasteiger partial charge in [0.15, 0.2) is 17.8 Å². The van der Waals surface area contributed by atoms with E-state index >= 15 is 0 Å². The van der Waals surface area contributed by atoms with Crippen LogP contribution < -0.4 is 20.1 Å². The Morgan fingerprint density at radius 1 is 1.10 bits per heavy atom. The Hall–Kier alpha value is -3.35. The lowest BCUT2D eigenvalue weighted by Crippen LogP contribution is -2.24. The zero-order valence-electron chi connectivity index (χ0n) is 22.5. The largest absolute Gasteiger partial charge is 0.493 e. The van der Waals surface area contributed by atoms with Crippen LogP contribution in [0, 0.1) is 6.92 Å². The Morgan fingerprint density at radius 3 is 2.51 bits per heavy atom. The lowest BCUT2D eigenvalue weighted by molar-refractivity contribution is -0.138. The van der Waals surface area contributed by atoms with Gasteiger partial charge in [-0.2, -0.15) is 18.2 Å². The van der Waals surface area contributed by atoms with Gasteiger partial charge >= 0.3 is 6.18 Å². The van der Waals surface area contributed by atoms with E-state index in [2.05, 4.69) is 20.6 Å². The van der Waals surface area contributed by atoms with Gasteiger partial charge in [-0.25, -0.2) is 4.98 Å². The first-order valence-electron chi connectivity index (χ1n) is 12.5. The van der Waals surface area contributed by atoms with Gasteiger partial charge in [0, 0.05) is 32.1 Å². The van der Waals surface area contributed by atoms with Crippen molar-refractivity contribution in [2.45, 2.75) is 44.9 Å². The molecular formula is C27H33F3N4O5. The lowest BCUT2D eigenvalue weighted by Gasteiger charge is -2.22. The number of hydrogen-bond acceptors (Lipinski definition) is 9. The zero-order chi connectivity index (χ0) is 28.2. The molecule has 2 aromatic carbocycles. The molecule has 12 heteroatoms. The van der Waals surface area contributed by atoms with Crippen LogP contribution in [-0.4, -0.2) is 63.4 Å². The predicted molar refractivity (Wildman–Crippen MR) is 140 cm³/mol. The van der Waals surface area contributed by atoms with Crippen LogP contribution in [0.1, 0.15) is 36.1 Å². The Bertz CT molecular complexity index is 1280. The van der Waals surface area contributed by atoms with Crippen LogP contribution in [0.25, 0.3) is 10.9 Å². The van der Waals surface area contributed by atoms with Crippen molar-refractivity contribution in [3.63, 3.8) is 0 Å². The Morgan fingerprint density at radius 2 is 1.87 bits per heavy atom. The minimum Gasteiger partial charge on any atom is -0.493 e. The van der Waals surface area contributed by atoms with Crippen molar-refractivity contribution < 1.29 is 36.9 Å². The molecule has 2 heterocycles. The first-order valence-corrected chi connectivity index (χ1v) is 12.5. The quantitative estimate of drug-likeness (QED) is 0.307. The summed E-state index contributed by atoms with van der Waals surface area (Å²) in [7, 11) is 4.58. The minimum atomic E-state index is -4.45. The lowest BCUT2D eigenvalue weighted by atomic mass is 9.97. The molecule has 2 N–H and O–H groups in total. The van der Waals surface area contributed by atoms with E-state index in [1.165, 1.54) is 27.2 Å². The van der Waals surface area contributed by atoms with Gasteiger partial charge in [0.25, 0.3) is 0 Å². The monoisotopic (exact) mass is 550 g/mol. The van der Waals surface area contributed by atoms with E-state index in [4.69, 9.17) is 23.7 Å². The number of aromatic nitrogens is 2. The molecular weight excluding hydrogens is 517 g/mol. The molecule has 1 aromatic heterocycles. The van der Waals surface area contributed by atoms with Crippen LogP contribution in [0.2, 0.25) is 0 Å². The zero-order valence-corrected chi connectivity index (χ0v) is 22.5. The average Bonchev–Trinajstić information content (AvgIpc) is 3.41. The molecule has 0 radical (unpaired) electrons. The summed E-state index contributed by atoms with van der Waals surface area (Å²) in [5.74, 6) is 1.67. The molecule has 2 atom stereocenters. The van der Waals surface area contributed by atoms with Crippen LogP contribution in [0.15, 0.2) is 30.3 Å². The van der Waals surface area contributed by atoms with Crippen molar-refractivity contribution in [2.24, 2.45) is 0 Å². The topological polar surface area (TPSA) is 96.0 Å². The molecule has 1 fully saturated rings. The van der Waals surface area contributed by atoms with Gasteiger partial charge in [0.2, 0.25) is 5.95 Å². The standard InChI is InChI=1S/C27H33F3N4O5/c1-15-18(7-6-8-20(15)27(28,29)30)16(2)32-25-19-11-23(39-17-9-10-38-14-17)22(35-3)12-21(19)33-26(34-25)31-13-24(36-4)37-5/h6-8,11-12,16-17,24H,9-10,13-14H2,1-5H3,(H2,31,32,33,34)/t16-,17?/m1/s1. The summed E-state index contributed by atoms with van der Waals surface area (Å²) in [5.41, 5.74) is 0.517. The molecule has 0 aliphatic carbocycles. The normalized spacial score (nSPS) is 16.5. The second kappa shape index (κ2) is 12.2. The number of rotatable bonds is 11. The molecule has 4 rings (SSSR count). The summed E-state index contributed by atoms with van der Waals surface area (Å²) in [6.45, 7) is 4.60. The highest BCUT2D eigenvalue weighted by Gasteiger charge is 2.33. The number of fused-ring (bicyclic) bond motifs is 1. The third kappa shape index (κ3) is 6.63. The van der Waals surface area contributed by atoms with Crippen molar-refractivity contribution in [3.05, 3.63) is 47.0 Å². The molecule has 1 aliphatic heterocycles. The fraction of sp³-hybridized carbons (Fsp3) is 0.481. The summed E-state index contributed by atoms with van der Waals surface area (Å²) in [6, 6.07) is 7.16. The highest BCUT2D eigenvalue weighted by Crippen LogP contribution is 2.38. The number of anilines is 2. The Balaban J connectivity index is 1.75. The number of hydrogen-bond donors (Lipinski definition) is 2. The molecule has 3 aromatic rings. The van der Waals surface area contributed by atoms with Crippen LogP contribution in [-0.2, 0) is 20.4 Å². The number of benzene rings is 2. The molecule has 9 nitrogen and oxygen atoms in total. The van der Waals surface area contributed by atoms with E-state index in [0.717, 1.165) is 12.5 Å². The fourth-order valence-corrected chi connectivity index (χ4v) is 4.51. The summed E-state index contributed by atoms with van der Waals surface area (Å²) >= 11 is 0. The highest BCUT2D eigenvalue weighted by atomic mass is 19.4. The van der Waals surface area contributed by atoms with Crippen LogP contribution in [0.3, 0.4) is 0 Å². The molecule has 0 amide bonds. The minimum absolute atomic E-state index is 0.124. The average molecular weight is 551 g/mol. The maximum absolute atomic E-state index is 13.6. The van der Waals surface area contributed by atoms with Crippen molar-refractivity contribution in [1.29, 1.82) is 0 Å². The van der Waals surface area contributed by atoms with Crippen molar-refractivity contribution in [3.8, 4) is 11.5 Å². The van der Waals surface area contributed by atoms with E-state index in [9.17, 15) is 13.2 Å². The van der Waals surface area contributed by atoms with Crippen LogP contribution >= 0.6 is 0 Å². The van der Waals surface area contributed by atoms with E-state index < -0.39 is 24.1 Å². The third-order valence-electron chi connectivity index (χ3n) is 6.62. The van der Waals surface area contributed by atoms with E-state index in [0.29, 0.717) is 47.0 Å². The summed E-state index contributed by atoms with van der Waals surface area (Å²) in [6.07, 6.45) is -4.37. The van der Waals surface area contributed by atoms with E-state index in [-0.39, 0.29) is 24.2 Å². The van der Waals surface area contributed by atoms with Gasteiger partial charge in [-0.3, -0.25) is 0 Å². The van der Waals surface area contributed by atoms with Gasteiger partial charge in [0.1, 0.15) is 11.9 Å². The van der Waals surface area contributed by atoms with Gasteiger partial charge in [0.05, 0.1) is 44.0 Å². The number of ether oxygens (including phenoxy) is 5. The predicted octanol–water partition coefficient (Wildman–Crippen LogP) is 5.34. The number of nitrogens with zero attached hydrogens (tertiary/aromatic N) is 2. The smallest absolute Gasteiger partial charge is 0.416 e. The van der Waals surface area contributed by atoms with Gasteiger partial charge in [-0.15, -0.1) is 0 Å². The number of halogens is 3. The van der Waals surface area contributed by atoms with Gasteiger partial charge in [-0.05, 0) is 37.1 Å². The van der Waals surface area contributed by atoms with Gasteiger partial charge in [-0.1, -0.05) is 12.1 Å². The second-order valence-electron chi connectivity index (χ2n) is 9.18. The molecule has 1 aliphatic rings. The van der Waals surface area contributed by atoms with E-state index in [1.54, 1.807) is 32.2 Å². The summed E-state index contributed by atoms with van der Waals surface area (Å²) < 4.78 is 68.3. The number of nitrogens with one attached hydrogen (secondary N) is 2. The highest BCUT2D eigenvalue weighted by molar-refractivity contribution is 5.93. The van der Waals surface area contributed by atoms with Crippen LogP contribution in [0.5, 0.6) is 11.5 Å². The number of alkyl halides is 3. The van der Waals surface area contributed by atoms with Crippen LogP contribution in [0.4, 0.5) is 24.9 Å². The summed E-state index contributed by atoms with van der Waals surface area (Å²) in [5, 5.41) is 7.00. The van der Waals surface area contributed by atoms with Gasteiger partial charge < -0.3 is 34.3 Å². The Labute approximate surface area is 225 Å². The maximum atomic E-state index is 13.6. The SMILES string of the molecule is COc1cc2nc(NCC(OC)OC)nc(N[C@H](C)c3cccc(C(F)(F)F)c3C)c2cc1OC1CCOC1. The molecule has 1 unspecified atom stereocenters. The second-order valence-corrected chi connectivity index (χ2v) is 9.18. The molecule has 1 saturated heterocycles. The molecule has 39 heavy (non-hydrogen) atoms. The molecule has 0 spiro atoms. The third-order valence-corrected chi connectivity index (χ3v) is 6.62.